The maximum Gasteiger partial charge on any atom is 0.256 e. The Labute approximate surface area is 152 Å². The van der Waals surface area contributed by atoms with Crippen molar-refractivity contribution in [1.29, 1.82) is 0 Å². The number of nitrogens with zero attached hydrogens (tertiary/aromatic N) is 2. The minimum Gasteiger partial charge on any atom is -0.354 e. The van der Waals surface area contributed by atoms with Crippen LogP contribution >= 0.6 is 11.6 Å². The van der Waals surface area contributed by atoms with Gasteiger partial charge in [0.05, 0.1) is 17.8 Å². The van der Waals surface area contributed by atoms with Crippen LogP contribution < -0.4 is 10.6 Å². The van der Waals surface area contributed by atoms with Gasteiger partial charge in [-0.25, -0.2) is 4.68 Å². The third-order valence-corrected chi connectivity index (χ3v) is 4.09. The van der Waals surface area contributed by atoms with Crippen LogP contribution in [-0.4, -0.2) is 34.7 Å². The second-order valence-corrected chi connectivity index (χ2v) is 6.45. The molecule has 0 atom stereocenters. The minimum atomic E-state index is -0.291. The van der Waals surface area contributed by atoms with Crippen LogP contribution in [0.2, 0.25) is 5.15 Å². The molecule has 0 aliphatic heterocycles. The van der Waals surface area contributed by atoms with E-state index in [0.717, 1.165) is 5.56 Å². The van der Waals surface area contributed by atoms with Gasteiger partial charge in [-0.1, -0.05) is 55.8 Å². The van der Waals surface area contributed by atoms with Crippen molar-refractivity contribution in [3.63, 3.8) is 0 Å². The van der Waals surface area contributed by atoms with E-state index in [2.05, 4.69) is 15.7 Å². The van der Waals surface area contributed by atoms with E-state index in [1.807, 2.05) is 44.2 Å². The number of rotatable bonds is 7. The van der Waals surface area contributed by atoms with Crippen LogP contribution in [0.15, 0.2) is 30.3 Å². The summed E-state index contributed by atoms with van der Waals surface area (Å²) in [6.07, 6.45) is 0. The molecule has 134 valence electrons. The fraction of sp³-hybridized carbons (Fsp3) is 0.389. The molecule has 0 spiro atoms. The first-order chi connectivity index (χ1) is 11.9. The highest BCUT2D eigenvalue weighted by Crippen LogP contribution is 2.20. The van der Waals surface area contributed by atoms with Crippen LogP contribution in [-0.2, 0) is 11.3 Å². The second kappa shape index (κ2) is 8.67. The van der Waals surface area contributed by atoms with Crippen molar-refractivity contribution in [3.8, 4) is 0 Å². The van der Waals surface area contributed by atoms with E-state index in [1.54, 1.807) is 11.6 Å². The van der Waals surface area contributed by atoms with Crippen LogP contribution in [0.5, 0.6) is 0 Å². The molecule has 1 aromatic heterocycles. The summed E-state index contributed by atoms with van der Waals surface area (Å²) in [5.41, 5.74) is 1.99. The molecule has 6 nitrogen and oxygen atoms in total. The maximum absolute atomic E-state index is 12.4. The lowest BCUT2D eigenvalue weighted by molar-refractivity contribution is -0.123. The molecule has 0 aliphatic carbocycles. The number of halogens is 1. The summed E-state index contributed by atoms with van der Waals surface area (Å²) in [7, 11) is 0. The van der Waals surface area contributed by atoms with Crippen LogP contribution in [0.3, 0.4) is 0 Å². The summed E-state index contributed by atoms with van der Waals surface area (Å²) in [6, 6.07) is 9.78. The lowest BCUT2D eigenvalue weighted by Crippen LogP contribution is -2.36. The lowest BCUT2D eigenvalue weighted by Gasteiger charge is -2.09. The van der Waals surface area contributed by atoms with Gasteiger partial charge in [0.2, 0.25) is 5.91 Å². The first-order valence-electron chi connectivity index (χ1n) is 8.23. The minimum absolute atomic E-state index is 0.0425. The van der Waals surface area contributed by atoms with E-state index in [0.29, 0.717) is 36.0 Å². The second-order valence-electron chi connectivity index (χ2n) is 6.10. The predicted octanol–water partition coefficient (Wildman–Crippen LogP) is 2.40. The Balaban J connectivity index is 1.97. The van der Waals surface area contributed by atoms with Crippen molar-refractivity contribution in [2.45, 2.75) is 27.3 Å². The van der Waals surface area contributed by atoms with Crippen molar-refractivity contribution in [2.24, 2.45) is 5.92 Å². The summed E-state index contributed by atoms with van der Waals surface area (Å²) in [6.45, 7) is 6.59. The smallest absolute Gasteiger partial charge is 0.256 e. The number of hydrogen-bond acceptors (Lipinski definition) is 3. The summed E-state index contributed by atoms with van der Waals surface area (Å²) in [4.78, 5) is 23.9. The van der Waals surface area contributed by atoms with E-state index in [-0.39, 0.29) is 17.7 Å². The van der Waals surface area contributed by atoms with Crippen LogP contribution in [0, 0.1) is 12.8 Å². The van der Waals surface area contributed by atoms with E-state index < -0.39 is 0 Å². The molecule has 0 aliphatic rings. The normalized spacial score (nSPS) is 10.8. The zero-order valence-electron chi connectivity index (χ0n) is 14.7. The molecule has 7 heteroatoms. The quantitative estimate of drug-likeness (QED) is 0.742. The third-order valence-electron chi connectivity index (χ3n) is 3.70. The zero-order valence-corrected chi connectivity index (χ0v) is 15.4. The number of hydrogen-bond donors (Lipinski definition) is 2. The highest BCUT2D eigenvalue weighted by molar-refractivity contribution is 6.33. The Morgan fingerprint density at radius 1 is 1.16 bits per heavy atom. The number of aryl methyl sites for hydroxylation is 1. The van der Waals surface area contributed by atoms with Gasteiger partial charge in [0.25, 0.3) is 5.91 Å². The Hall–Kier alpha value is -2.34. The van der Waals surface area contributed by atoms with E-state index in [1.165, 1.54) is 0 Å². The lowest BCUT2D eigenvalue weighted by atomic mass is 10.2. The molecule has 1 aromatic carbocycles. The molecule has 1 heterocycles. The zero-order chi connectivity index (χ0) is 18.4. The van der Waals surface area contributed by atoms with Gasteiger partial charge in [-0.3, -0.25) is 9.59 Å². The number of nitrogens with one attached hydrogen (secondary N) is 2. The fourth-order valence-corrected chi connectivity index (χ4v) is 2.65. The molecular formula is C18H23ClN4O2. The maximum atomic E-state index is 12.4. The highest BCUT2D eigenvalue weighted by atomic mass is 35.5. The van der Waals surface area contributed by atoms with Crippen molar-refractivity contribution in [1.82, 2.24) is 20.4 Å². The molecule has 0 bridgehead atoms. The molecule has 2 N–H and O–H groups in total. The van der Waals surface area contributed by atoms with Gasteiger partial charge in [0, 0.05) is 19.0 Å². The molecule has 0 radical (unpaired) electrons. The Morgan fingerprint density at radius 3 is 2.44 bits per heavy atom. The average Bonchev–Trinajstić information content (AvgIpc) is 2.85. The SMILES string of the molecule is Cc1nn(Cc2ccccc2)c(Cl)c1C(=O)NCCNC(=O)C(C)C. The van der Waals surface area contributed by atoms with Crippen molar-refractivity contribution >= 4 is 23.4 Å². The molecule has 0 fully saturated rings. The Kier molecular flexibility index (Phi) is 6.58. The van der Waals surface area contributed by atoms with Crippen molar-refractivity contribution in [2.75, 3.05) is 13.1 Å². The topological polar surface area (TPSA) is 76.0 Å². The Bertz CT molecular complexity index is 741. The fourth-order valence-electron chi connectivity index (χ4n) is 2.33. The number of carbonyl (C=O) groups is 2. The monoisotopic (exact) mass is 362 g/mol. The van der Waals surface area contributed by atoms with Crippen molar-refractivity contribution in [3.05, 3.63) is 52.3 Å². The molecule has 0 saturated heterocycles. The van der Waals surface area contributed by atoms with Crippen LogP contribution in [0.4, 0.5) is 0 Å². The molecule has 2 aromatic rings. The first kappa shape index (κ1) is 19.0. The molecule has 2 rings (SSSR count). The van der Waals surface area contributed by atoms with Crippen LogP contribution in [0.1, 0.15) is 35.5 Å². The molecule has 25 heavy (non-hydrogen) atoms. The average molecular weight is 363 g/mol. The van der Waals surface area contributed by atoms with Crippen molar-refractivity contribution < 1.29 is 9.59 Å². The number of carbonyl (C=O) groups excluding carboxylic acids is 2. The van der Waals surface area contributed by atoms with Crippen LogP contribution in [0.25, 0.3) is 0 Å². The molecule has 0 unspecified atom stereocenters. The summed E-state index contributed by atoms with van der Waals surface area (Å²) in [5, 5.41) is 10.2. The number of amides is 2. The van der Waals surface area contributed by atoms with Gasteiger partial charge in [-0.05, 0) is 12.5 Å². The predicted molar refractivity (Wildman–Crippen MR) is 97.7 cm³/mol. The highest BCUT2D eigenvalue weighted by Gasteiger charge is 2.20. The first-order valence-corrected chi connectivity index (χ1v) is 8.60. The number of benzene rings is 1. The van der Waals surface area contributed by atoms with Gasteiger partial charge in [0.1, 0.15) is 5.15 Å². The van der Waals surface area contributed by atoms with Gasteiger partial charge in [0.15, 0.2) is 0 Å². The third kappa shape index (κ3) is 5.06. The standard InChI is InChI=1S/C18H23ClN4O2/c1-12(2)17(24)20-9-10-21-18(25)15-13(3)22-23(16(15)19)11-14-7-5-4-6-8-14/h4-8,12H,9-11H2,1-3H3,(H,20,24)(H,21,25). The summed E-state index contributed by atoms with van der Waals surface area (Å²) in [5.74, 6) is -0.414. The Morgan fingerprint density at radius 2 is 1.80 bits per heavy atom. The molecular weight excluding hydrogens is 340 g/mol. The summed E-state index contributed by atoms with van der Waals surface area (Å²) < 4.78 is 1.61. The van der Waals surface area contributed by atoms with Gasteiger partial charge in [-0.15, -0.1) is 0 Å². The van der Waals surface area contributed by atoms with E-state index >= 15 is 0 Å². The largest absolute Gasteiger partial charge is 0.354 e. The summed E-state index contributed by atoms with van der Waals surface area (Å²) >= 11 is 6.35. The van der Waals surface area contributed by atoms with E-state index in [4.69, 9.17) is 11.6 Å². The van der Waals surface area contributed by atoms with E-state index in [9.17, 15) is 9.59 Å². The van der Waals surface area contributed by atoms with Gasteiger partial charge >= 0.3 is 0 Å². The molecule has 2 amide bonds. The molecule has 0 saturated carbocycles. The number of aromatic nitrogens is 2. The van der Waals surface area contributed by atoms with Gasteiger partial charge < -0.3 is 10.6 Å². The van der Waals surface area contributed by atoms with Gasteiger partial charge in [-0.2, -0.15) is 5.10 Å².